The lowest BCUT2D eigenvalue weighted by molar-refractivity contribution is 0.160. The predicted molar refractivity (Wildman–Crippen MR) is 62.0 cm³/mol. The van der Waals surface area contributed by atoms with E-state index in [2.05, 4.69) is 15.0 Å². The van der Waals surface area contributed by atoms with Crippen LogP contribution in [0.1, 0.15) is 6.17 Å². The predicted octanol–water partition coefficient (Wildman–Crippen LogP) is 2.15. The summed E-state index contributed by atoms with van der Waals surface area (Å²) in [6.45, 7) is 0. The van der Waals surface area contributed by atoms with E-state index < -0.39 is 16.6 Å². The number of hydrogen-bond acceptors (Lipinski definition) is 3. The van der Waals surface area contributed by atoms with Gasteiger partial charge in [0.1, 0.15) is 6.17 Å². The molecule has 0 bridgehead atoms. The maximum Gasteiger partial charge on any atom is 0.408 e. The summed E-state index contributed by atoms with van der Waals surface area (Å²) in [5.74, 6) is -0.0665. The molecule has 0 saturated carbocycles. The largest absolute Gasteiger partial charge is 0.453 e. The van der Waals surface area contributed by atoms with Crippen molar-refractivity contribution in [1.29, 1.82) is 0 Å². The quantitative estimate of drug-likeness (QED) is 0.863. The highest BCUT2D eigenvalue weighted by Gasteiger charge is 2.37. The summed E-state index contributed by atoms with van der Waals surface area (Å²) in [7, 11) is 1.24. The molecule has 0 saturated heterocycles. The van der Waals surface area contributed by atoms with Gasteiger partial charge < -0.3 is 9.30 Å². The van der Waals surface area contributed by atoms with Gasteiger partial charge in [-0.2, -0.15) is 0 Å². The van der Waals surface area contributed by atoms with Crippen LogP contribution in [0.3, 0.4) is 0 Å². The zero-order valence-corrected chi connectivity index (χ0v) is 10.6. The molecule has 16 heavy (non-hydrogen) atoms. The fourth-order valence-electron chi connectivity index (χ4n) is 1.06. The van der Waals surface area contributed by atoms with E-state index in [1.165, 1.54) is 24.2 Å². The van der Waals surface area contributed by atoms with E-state index in [-0.39, 0.29) is 5.88 Å². The Balaban J connectivity index is 2.90. The highest BCUT2D eigenvalue weighted by molar-refractivity contribution is 6.51. The van der Waals surface area contributed by atoms with E-state index in [0.29, 0.717) is 0 Å². The molecule has 1 aromatic rings. The lowest BCUT2D eigenvalue weighted by Gasteiger charge is -2.29. The lowest BCUT2D eigenvalue weighted by atomic mass is 10.3. The van der Waals surface area contributed by atoms with Crippen LogP contribution in [-0.2, 0) is 4.74 Å². The van der Waals surface area contributed by atoms with E-state index in [4.69, 9.17) is 34.8 Å². The minimum atomic E-state index is -1.36. The second kappa shape index (κ2) is 5.61. The maximum atomic E-state index is 11.2. The summed E-state index contributed by atoms with van der Waals surface area (Å²) >= 11 is 17.6. The molecule has 0 aliphatic carbocycles. The molecule has 1 amide bonds. The smallest absolute Gasteiger partial charge is 0.408 e. The van der Waals surface area contributed by atoms with Gasteiger partial charge in [0.15, 0.2) is 4.33 Å². The molecular weight excluding hydrogens is 276 g/mol. The number of carbonyl (C=O) groups excluding carboxylic acids is 1. The van der Waals surface area contributed by atoms with Crippen molar-refractivity contribution < 1.29 is 9.53 Å². The van der Waals surface area contributed by atoms with Crippen LogP contribution in [-0.4, -0.2) is 33.0 Å². The fourth-order valence-corrected chi connectivity index (χ4v) is 1.54. The maximum absolute atomic E-state index is 11.2. The summed E-state index contributed by atoms with van der Waals surface area (Å²) in [6.07, 6.45) is 3.18. The molecular formula is C8H10Cl3N3O2. The number of alkyl carbamates (subject to hydrolysis) is 1. The van der Waals surface area contributed by atoms with E-state index in [0.717, 1.165) is 0 Å². The Hall–Kier alpha value is -0.650. The molecule has 1 N–H and O–H groups in total. The molecule has 0 aliphatic heterocycles. The summed E-state index contributed by atoms with van der Waals surface area (Å²) in [5.41, 5.74) is 0. The Bertz CT molecular complexity index is 342. The van der Waals surface area contributed by atoms with Crippen LogP contribution >= 0.6 is 34.8 Å². The summed E-state index contributed by atoms with van der Waals surface area (Å²) in [5, 5.41) is 2.47. The van der Waals surface area contributed by atoms with E-state index in [9.17, 15) is 4.79 Å². The van der Waals surface area contributed by atoms with Gasteiger partial charge in [-0.05, 0) is 0 Å². The number of aromatic nitrogens is 2. The van der Waals surface area contributed by atoms with Crippen LogP contribution in [0.2, 0.25) is 0 Å². The molecule has 0 fully saturated rings. The lowest BCUT2D eigenvalue weighted by Crippen LogP contribution is -2.43. The van der Waals surface area contributed by atoms with Crippen LogP contribution in [0.4, 0.5) is 4.79 Å². The zero-order chi connectivity index (χ0) is 12.2. The van der Waals surface area contributed by atoms with E-state index >= 15 is 0 Å². The highest BCUT2D eigenvalue weighted by atomic mass is 35.5. The van der Waals surface area contributed by atoms with Crippen LogP contribution < -0.4 is 5.32 Å². The molecule has 1 atom stereocenters. The van der Waals surface area contributed by atoms with Crippen LogP contribution in [0.25, 0.3) is 0 Å². The fraction of sp³-hybridized carbons (Fsp3) is 0.500. The normalized spacial score (nSPS) is 13.2. The number of halogens is 3. The highest BCUT2D eigenvalue weighted by Crippen LogP contribution is 2.33. The molecule has 0 aromatic carbocycles. The van der Waals surface area contributed by atoms with Gasteiger partial charge in [-0.15, -0.1) is 11.6 Å². The van der Waals surface area contributed by atoms with Gasteiger partial charge in [-0.1, -0.05) is 23.2 Å². The summed E-state index contributed by atoms with van der Waals surface area (Å²) < 4.78 is 4.64. The summed E-state index contributed by atoms with van der Waals surface area (Å²) in [6, 6.07) is 0. The Morgan fingerprint density at radius 3 is 2.81 bits per heavy atom. The van der Waals surface area contributed by atoms with Gasteiger partial charge >= 0.3 is 6.09 Å². The SMILES string of the molecule is COC(=O)NC(n1ccnc1)C(Cl)(Cl)CCl. The van der Waals surface area contributed by atoms with Crippen LogP contribution in [0, 0.1) is 0 Å². The molecule has 1 rings (SSSR count). The molecule has 5 nitrogen and oxygen atoms in total. The van der Waals surface area contributed by atoms with Gasteiger partial charge in [0.25, 0.3) is 0 Å². The number of amides is 1. The number of carbonyl (C=O) groups is 1. The first kappa shape index (κ1) is 13.4. The average Bonchev–Trinajstić information content (AvgIpc) is 2.78. The first-order valence-electron chi connectivity index (χ1n) is 4.27. The number of hydrogen-bond donors (Lipinski definition) is 1. The van der Waals surface area contributed by atoms with Crippen molar-refractivity contribution in [3.05, 3.63) is 18.7 Å². The summed E-state index contributed by atoms with van der Waals surface area (Å²) in [4.78, 5) is 15.0. The third kappa shape index (κ3) is 3.17. The average molecular weight is 287 g/mol. The van der Waals surface area contributed by atoms with E-state index in [1.807, 2.05) is 0 Å². The number of ether oxygens (including phenoxy) is 1. The molecule has 0 aliphatic rings. The number of imidazole rings is 1. The van der Waals surface area contributed by atoms with Crippen molar-refractivity contribution in [2.45, 2.75) is 10.5 Å². The minimum absolute atomic E-state index is 0.0665. The first-order valence-corrected chi connectivity index (χ1v) is 5.56. The van der Waals surface area contributed by atoms with Gasteiger partial charge in [0.05, 0.1) is 19.3 Å². The molecule has 1 aromatic heterocycles. The molecule has 90 valence electrons. The molecule has 1 unspecified atom stereocenters. The molecule has 0 spiro atoms. The van der Waals surface area contributed by atoms with Gasteiger partial charge in [-0.3, -0.25) is 5.32 Å². The minimum Gasteiger partial charge on any atom is -0.453 e. The number of alkyl halides is 3. The van der Waals surface area contributed by atoms with Crippen molar-refractivity contribution in [3.8, 4) is 0 Å². The Morgan fingerprint density at radius 2 is 2.38 bits per heavy atom. The van der Waals surface area contributed by atoms with Crippen molar-refractivity contribution >= 4 is 40.9 Å². The Labute approximate surface area is 108 Å². The second-order valence-corrected chi connectivity index (χ2v) is 4.75. The number of rotatable bonds is 4. The topological polar surface area (TPSA) is 56.1 Å². The van der Waals surface area contributed by atoms with E-state index in [1.54, 1.807) is 6.20 Å². The van der Waals surface area contributed by atoms with Crippen molar-refractivity contribution in [2.24, 2.45) is 0 Å². The van der Waals surface area contributed by atoms with Crippen LogP contribution in [0.15, 0.2) is 18.7 Å². The van der Waals surface area contributed by atoms with Crippen LogP contribution in [0.5, 0.6) is 0 Å². The third-order valence-electron chi connectivity index (χ3n) is 1.84. The molecule has 1 heterocycles. The number of nitrogens with one attached hydrogen (secondary N) is 1. The second-order valence-electron chi connectivity index (χ2n) is 2.94. The number of methoxy groups -OCH3 is 1. The Morgan fingerprint density at radius 1 is 1.69 bits per heavy atom. The van der Waals surface area contributed by atoms with Crippen molar-refractivity contribution in [2.75, 3.05) is 13.0 Å². The zero-order valence-electron chi connectivity index (χ0n) is 8.36. The molecule has 0 radical (unpaired) electrons. The Kier molecular flexibility index (Phi) is 4.70. The van der Waals surface area contributed by atoms with Gasteiger partial charge in [0, 0.05) is 12.4 Å². The first-order chi connectivity index (χ1) is 7.51. The number of nitrogens with zero attached hydrogens (tertiary/aromatic N) is 2. The van der Waals surface area contributed by atoms with Gasteiger partial charge in [0.2, 0.25) is 0 Å². The standard InChI is InChI=1S/C8H10Cl3N3O2/c1-16-7(15)13-6(8(10,11)4-9)14-3-2-12-5-14/h2-3,5-6H,4H2,1H3,(H,13,15). The van der Waals surface area contributed by atoms with Crippen molar-refractivity contribution in [1.82, 2.24) is 14.9 Å². The van der Waals surface area contributed by atoms with Crippen molar-refractivity contribution in [3.63, 3.8) is 0 Å². The van der Waals surface area contributed by atoms with Gasteiger partial charge in [-0.25, -0.2) is 9.78 Å². The third-order valence-corrected chi connectivity index (χ3v) is 3.22. The monoisotopic (exact) mass is 285 g/mol. The molecule has 8 heteroatoms.